The molecule has 0 spiro atoms. The molecule has 1 rings (SSSR count). The molecule has 1 N–H and O–H groups in total. The number of phenols is 1. The van der Waals surface area contributed by atoms with Crippen LogP contribution >= 0.6 is 0 Å². The van der Waals surface area contributed by atoms with Gasteiger partial charge in [0.05, 0.1) is 0 Å². The van der Waals surface area contributed by atoms with Gasteiger partial charge >= 0.3 is 8.56 Å². The Kier molecular flexibility index (Phi) is 4.32. The van der Waals surface area contributed by atoms with E-state index in [1.54, 1.807) is 19.2 Å². The van der Waals surface area contributed by atoms with Crippen molar-refractivity contribution in [1.29, 1.82) is 0 Å². The van der Waals surface area contributed by atoms with Crippen molar-refractivity contribution in [2.24, 2.45) is 0 Å². The van der Waals surface area contributed by atoms with Crippen molar-refractivity contribution in [3.63, 3.8) is 0 Å². The van der Waals surface area contributed by atoms with Crippen LogP contribution in [0.25, 0.3) is 0 Å². The van der Waals surface area contributed by atoms with Crippen molar-refractivity contribution in [2.45, 2.75) is 19.9 Å². The van der Waals surface area contributed by atoms with Gasteiger partial charge in [0.25, 0.3) is 0 Å². The number of aromatic hydroxyl groups is 1. The van der Waals surface area contributed by atoms with Crippen LogP contribution in [-0.2, 0) is 8.85 Å². The molecule has 0 saturated carbocycles. The summed E-state index contributed by atoms with van der Waals surface area (Å²) in [5.41, 5.74) is 0. The molecule has 1 aromatic rings. The van der Waals surface area contributed by atoms with Gasteiger partial charge in [-0.15, -0.1) is 0 Å². The van der Waals surface area contributed by atoms with Crippen LogP contribution in [-0.4, -0.2) is 27.4 Å². The zero-order valence-corrected chi connectivity index (χ0v) is 10.5. The Morgan fingerprint density at radius 3 is 2.53 bits per heavy atom. The molecule has 0 amide bonds. The molecule has 0 radical (unpaired) electrons. The highest BCUT2D eigenvalue weighted by Crippen LogP contribution is 2.14. The maximum atomic E-state index is 9.75. The Morgan fingerprint density at radius 2 is 2.00 bits per heavy atom. The largest absolute Gasteiger partial charge is 0.508 e. The van der Waals surface area contributed by atoms with Gasteiger partial charge in [0.2, 0.25) is 0 Å². The molecule has 0 bridgehead atoms. The summed E-state index contributed by atoms with van der Waals surface area (Å²) >= 11 is 0. The number of hydrogen-bond acceptors (Lipinski definition) is 3. The van der Waals surface area contributed by atoms with E-state index in [2.05, 4.69) is 6.92 Å². The molecule has 0 fully saturated rings. The summed E-state index contributed by atoms with van der Waals surface area (Å²) in [4.78, 5) is 0. The minimum absolute atomic E-state index is 0.254. The van der Waals surface area contributed by atoms with Crippen molar-refractivity contribution in [3.8, 4) is 5.75 Å². The second-order valence-corrected chi connectivity index (χ2v) is 6.64. The van der Waals surface area contributed by atoms with Crippen molar-refractivity contribution < 1.29 is 14.0 Å². The Hall–Kier alpha value is -0.843. The Balaban J connectivity index is 2.95. The summed E-state index contributed by atoms with van der Waals surface area (Å²) < 4.78 is 11.2. The van der Waals surface area contributed by atoms with Crippen LogP contribution in [0.3, 0.4) is 0 Å². The molecule has 1 atom stereocenters. The summed E-state index contributed by atoms with van der Waals surface area (Å²) in [5, 5.41) is 10.5. The van der Waals surface area contributed by atoms with Crippen molar-refractivity contribution in [1.82, 2.24) is 0 Å². The molecule has 0 aromatic heterocycles. The lowest BCUT2D eigenvalue weighted by Gasteiger charge is -2.25. The number of hydrogen-bond donors (Lipinski definition) is 1. The topological polar surface area (TPSA) is 38.7 Å². The second kappa shape index (κ2) is 5.30. The molecule has 0 aliphatic heterocycles. The highest BCUT2D eigenvalue weighted by molar-refractivity contribution is 6.80. The van der Waals surface area contributed by atoms with Gasteiger partial charge in [-0.05, 0) is 19.0 Å². The fourth-order valence-electron chi connectivity index (χ4n) is 1.40. The molecule has 1 unspecified atom stereocenters. The van der Waals surface area contributed by atoms with Crippen LogP contribution in [0.1, 0.15) is 13.3 Å². The first kappa shape index (κ1) is 12.2. The predicted molar refractivity (Wildman–Crippen MR) is 62.6 cm³/mol. The Labute approximate surface area is 91.9 Å². The maximum Gasteiger partial charge on any atom is 0.372 e. The van der Waals surface area contributed by atoms with Crippen LogP contribution < -0.4 is 5.19 Å². The summed E-state index contributed by atoms with van der Waals surface area (Å²) in [5.74, 6) is 0.254. The van der Waals surface area contributed by atoms with Gasteiger partial charge in [-0.2, -0.15) is 0 Å². The molecule has 0 aliphatic rings. The Bertz CT molecular complexity index is 316. The lowest BCUT2D eigenvalue weighted by atomic mass is 10.3. The molecular weight excluding hydrogens is 208 g/mol. The smallest absolute Gasteiger partial charge is 0.372 e. The van der Waals surface area contributed by atoms with E-state index in [9.17, 15) is 5.11 Å². The van der Waals surface area contributed by atoms with Crippen LogP contribution in [0.5, 0.6) is 5.75 Å². The van der Waals surface area contributed by atoms with E-state index in [0.717, 1.165) is 11.6 Å². The molecule has 1 aromatic carbocycles. The first-order valence-electron chi connectivity index (χ1n) is 5.11. The molecule has 0 heterocycles. The van der Waals surface area contributed by atoms with Crippen LogP contribution in [0.15, 0.2) is 24.3 Å². The van der Waals surface area contributed by atoms with Crippen molar-refractivity contribution in [3.05, 3.63) is 24.3 Å². The number of phenolic OH excluding ortho intramolecular Hbond substituents is 1. The van der Waals surface area contributed by atoms with Crippen molar-refractivity contribution >= 4 is 13.7 Å². The van der Waals surface area contributed by atoms with Gasteiger partial charge in [-0.25, -0.2) is 0 Å². The number of benzene rings is 1. The van der Waals surface area contributed by atoms with Gasteiger partial charge in [0.15, 0.2) is 0 Å². The first-order chi connectivity index (χ1) is 7.14. The summed E-state index contributed by atoms with van der Waals surface area (Å²) in [6.07, 6.45) is 0.944. The highest BCUT2D eigenvalue weighted by Gasteiger charge is 2.35. The van der Waals surface area contributed by atoms with Crippen LogP contribution in [0, 0.1) is 0 Å². The predicted octanol–water partition coefficient (Wildman–Crippen LogP) is 1.74. The lowest BCUT2D eigenvalue weighted by molar-refractivity contribution is 0.217. The van der Waals surface area contributed by atoms with Gasteiger partial charge in [-0.3, -0.25) is 0 Å². The van der Waals surface area contributed by atoms with Gasteiger partial charge in [0.1, 0.15) is 5.75 Å². The fraction of sp³-hybridized carbons (Fsp3) is 0.455. The van der Waals surface area contributed by atoms with E-state index in [-0.39, 0.29) is 5.75 Å². The SMILES string of the molecule is CCCO[Si](C)(OC)c1ccccc1O. The van der Waals surface area contributed by atoms with E-state index in [1.165, 1.54) is 0 Å². The minimum Gasteiger partial charge on any atom is -0.508 e. The standard InChI is InChI=1S/C11H18O3Si/c1-4-9-14-15(3,13-2)11-8-6-5-7-10(11)12/h5-8,12H,4,9H2,1-3H3. The summed E-state index contributed by atoms with van der Waals surface area (Å²) in [6.45, 7) is 4.65. The fourth-order valence-corrected chi connectivity index (χ4v) is 3.44. The molecule has 0 aliphatic carbocycles. The maximum absolute atomic E-state index is 9.75. The zero-order valence-electron chi connectivity index (χ0n) is 9.49. The Morgan fingerprint density at radius 1 is 1.33 bits per heavy atom. The molecule has 15 heavy (non-hydrogen) atoms. The average Bonchev–Trinajstić information content (AvgIpc) is 2.26. The lowest BCUT2D eigenvalue weighted by Crippen LogP contribution is -2.50. The van der Waals surface area contributed by atoms with E-state index in [1.807, 2.05) is 18.7 Å². The van der Waals surface area contributed by atoms with Crippen molar-refractivity contribution in [2.75, 3.05) is 13.7 Å². The molecular formula is C11H18O3Si. The molecule has 84 valence electrons. The third-order valence-electron chi connectivity index (χ3n) is 2.36. The van der Waals surface area contributed by atoms with Gasteiger partial charge < -0.3 is 14.0 Å². The second-order valence-electron chi connectivity index (χ2n) is 3.52. The molecule has 0 saturated heterocycles. The number of rotatable bonds is 5. The van der Waals surface area contributed by atoms with E-state index >= 15 is 0 Å². The van der Waals surface area contributed by atoms with Gasteiger partial charge in [-0.1, -0.05) is 25.1 Å². The molecule has 3 nitrogen and oxygen atoms in total. The molecule has 4 heteroatoms. The summed E-state index contributed by atoms with van der Waals surface area (Å²) in [7, 11) is -0.782. The first-order valence-corrected chi connectivity index (χ1v) is 7.43. The average molecular weight is 226 g/mol. The van der Waals surface area contributed by atoms with E-state index in [4.69, 9.17) is 8.85 Å². The quantitative estimate of drug-likeness (QED) is 0.777. The minimum atomic E-state index is -2.42. The van der Waals surface area contributed by atoms with Gasteiger partial charge in [0, 0.05) is 18.9 Å². The van der Waals surface area contributed by atoms with E-state index in [0.29, 0.717) is 6.61 Å². The third kappa shape index (κ3) is 2.81. The monoisotopic (exact) mass is 226 g/mol. The van der Waals surface area contributed by atoms with Crippen LogP contribution in [0.4, 0.5) is 0 Å². The third-order valence-corrected chi connectivity index (χ3v) is 5.30. The van der Waals surface area contributed by atoms with Crippen LogP contribution in [0.2, 0.25) is 6.55 Å². The zero-order chi connectivity index (χ0) is 11.3. The normalized spacial score (nSPS) is 14.9. The number of para-hydroxylation sites is 1. The highest BCUT2D eigenvalue weighted by atomic mass is 28.4. The van der Waals surface area contributed by atoms with E-state index < -0.39 is 8.56 Å². The summed E-state index contributed by atoms with van der Waals surface area (Å²) in [6, 6.07) is 7.20.